The molecule has 1 aliphatic rings. The lowest BCUT2D eigenvalue weighted by Crippen LogP contribution is -2.45. The van der Waals surface area contributed by atoms with E-state index in [4.69, 9.17) is 0 Å². The standard InChI is InChI=1S/C16H22FN3O2/c1-3-20(11(2)12-4-6-13(17)7-5-12)15(21)10-18-16(22)19-14-8-9-14/h4-7,11,14H,3,8-10H2,1-2H3,(H2,18,19,22). The third-order valence-corrected chi connectivity index (χ3v) is 3.79. The first kappa shape index (κ1) is 16.3. The summed E-state index contributed by atoms with van der Waals surface area (Å²) in [7, 11) is 0. The van der Waals surface area contributed by atoms with Crippen LogP contribution in [-0.4, -0.2) is 36.0 Å². The van der Waals surface area contributed by atoms with Gasteiger partial charge in [-0.1, -0.05) is 12.1 Å². The molecule has 1 atom stereocenters. The summed E-state index contributed by atoms with van der Waals surface area (Å²) < 4.78 is 13.0. The Labute approximate surface area is 129 Å². The fourth-order valence-corrected chi connectivity index (χ4v) is 2.31. The summed E-state index contributed by atoms with van der Waals surface area (Å²) >= 11 is 0. The zero-order valence-electron chi connectivity index (χ0n) is 12.9. The molecule has 1 aromatic carbocycles. The Morgan fingerprint density at radius 1 is 1.32 bits per heavy atom. The van der Waals surface area contributed by atoms with Gasteiger partial charge in [0.1, 0.15) is 5.82 Å². The zero-order chi connectivity index (χ0) is 16.1. The van der Waals surface area contributed by atoms with Gasteiger partial charge in [0, 0.05) is 12.6 Å². The van der Waals surface area contributed by atoms with E-state index in [2.05, 4.69) is 10.6 Å². The van der Waals surface area contributed by atoms with Crippen molar-refractivity contribution in [3.8, 4) is 0 Å². The molecule has 120 valence electrons. The van der Waals surface area contributed by atoms with Crippen LogP contribution < -0.4 is 10.6 Å². The molecule has 2 N–H and O–H groups in total. The zero-order valence-corrected chi connectivity index (χ0v) is 12.9. The molecule has 1 saturated carbocycles. The van der Waals surface area contributed by atoms with Crippen molar-refractivity contribution in [1.82, 2.24) is 15.5 Å². The van der Waals surface area contributed by atoms with E-state index in [1.807, 2.05) is 13.8 Å². The number of nitrogens with zero attached hydrogens (tertiary/aromatic N) is 1. The molecule has 0 heterocycles. The van der Waals surface area contributed by atoms with Gasteiger partial charge in [-0.25, -0.2) is 9.18 Å². The van der Waals surface area contributed by atoms with Crippen LogP contribution in [0.3, 0.4) is 0 Å². The molecule has 6 heteroatoms. The van der Waals surface area contributed by atoms with Gasteiger partial charge in [0.15, 0.2) is 0 Å². The molecule has 0 saturated heterocycles. The predicted molar refractivity (Wildman–Crippen MR) is 81.8 cm³/mol. The molecule has 1 aromatic rings. The first-order chi connectivity index (χ1) is 10.5. The van der Waals surface area contributed by atoms with Crippen molar-refractivity contribution in [2.45, 2.75) is 38.8 Å². The summed E-state index contributed by atoms with van der Waals surface area (Å²) in [5.41, 5.74) is 0.860. The van der Waals surface area contributed by atoms with Crippen LogP contribution >= 0.6 is 0 Å². The molecule has 1 aliphatic carbocycles. The van der Waals surface area contributed by atoms with Gasteiger partial charge in [0.2, 0.25) is 5.91 Å². The summed E-state index contributed by atoms with van der Waals surface area (Å²) in [6.07, 6.45) is 2.01. The molecule has 5 nitrogen and oxygen atoms in total. The van der Waals surface area contributed by atoms with E-state index < -0.39 is 0 Å². The monoisotopic (exact) mass is 307 g/mol. The number of carbonyl (C=O) groups is 2. The maximum Gasteiger partial charge on any atom is 0.315 e. The highest BCUT2D eigenvalue weighted by Gasteiger charge is 2.24. The Bertz CT molecular complexity index is 529. The average Bonchev–Trinajstić information content (AvgIpc) is 3.30. The van der Waals surface area contributed by atoms with Crippen LogP contribution in [0.5, 0.6) is 0 Å². The van der Waals surface area contributed by atoms with Gasteiger partial charge in [0.05, 0.1) is 12.6 Å². The minimum absolute atomic E-state index is 0.0437. The van der Waals surface area contributed by atoms with Crippen LogP contribution in [0.4, 0.5) is 9.18 Å². The van der Waals surface area contributed by atoms with Crippen molar-refractivity contribution >= 4 is 11.9 Å². The number of nitrogens with one attached hydrogen (secondary N) is 2. The number of likely N-dealkylation sites (N-methyl/N-ethyl adjacent to an activating group) is 1. The average molecular weight is 307 g/mol. The lowest BCUT2D eigenvalue weighted by Gasteiger charge is -2.28. The van der Waals surface area contributed by atoms with E-state index in [0.29, 0.717) is 6.54 Å². The molecule has 2 rings (SSSR count). The number of amides is 3. The van der Waals surface area contributed by atoms with Crippen LogP contribution in [0.25, 0.3) is 0 Å². The van der Waals surface area contributed by atoms with Gasteiger partial charge in [-0.2, -0.15) is 0 Å². The Morgan fingerprint density at radius 2 is 1.95 bits per heavy atom. The van der Waals surface area contributed by atoms with Gasteiger partial charge >= 0.3 is 6.03 Å². The normalized spacial score (nSPS) is 15.0. The molecule has 3 amide bonds. The third-order valence-electron chi connectivity index (χ3n) is 3.79. The predicted octanol–water partition coefficient (Wildman–Crippen LogP) is 2.20. The van der Waals surface area contributed by atoms with Gasteiger partial charge < -0.3 is 15.5 Å². The second kappa shape index (κ2) is 7.24. The summed E-state index contributed by atoms with van der Waals surface area (Å²) in [6, 6.07) is 5.88. The summed E-state index contributed by atoms with van der Waals surface area (Å²) in [5.74, 6) is -0.464. The SMILES string of the molecule is CCN(C(=O)CNC(=O)NC1CC1)C(C)c1ccc(F)cc1. The Kier molecular flexibility index (Phi) is 5.35. The molecule has 22 heavy (non-hydrogen) atoms. The van der Waals surface area contributed by atoms with Crippen LogP contribution in [0, 0.1) is 5.82 Å². The number of urea groups is 1. The van der Waals surface area contributed by atoms with E-state index in [9.17, 15) is 14.0 Å². The summed E-state index contributed by atoms with van der Waals surface area (Å²) in [4.78, 5) is 25.5. The summed E-state index contributed by atoms with van der Waals surface area (Å²) in [5, 5.41) is 5.35. The number of halogens is 1. The molecular weight excluding hydrogens is 285 g/mol. The van der Waals surface area contributed by atoms with E-state index in [0.717, 1.165) is 18.4 Å². The molecule has 0 aliphatic heterocycles. The summed E-state index contributed by atoms with van der Waals surface area (Å²) in [6.45, 7) is 4.24. The maximum atomic E-state index is 13.0. The second-order valence-electron chi connectivity index (χ2n) is 5.51. The molecule has 0 radical (unpaired) electrons. The second-order valence-corrected chi connectivity index (χ2v) is 5.51. The number of hydrogen-bond donors (Lipinski definition) is 2. The van der Waals surface area contributed by atoms with Crippen molar-refractivity contribution in [1.29, 1.82) is 0 Å². The van der Waals surface area contributed by atoms with Gasteiger partial charge in [-0.15, -0.1) is 0 Å². The van der Waals surface area contributed by atoms with Crippen LogP contribution in [-0.2, 0) is 4.79 Å². The number of hydrogen-bond acceptors (Lipinski definition) is 2. The van der Waals surface area contributed by atoms with E-state index in [1.165, 1.54) is 12.1 Å². The van der Waals surface area contributed by atoms with E-state index >= 15 is 0 Å². The number of benzene rings is 1. The van der Waals surface area contributed by atoms with Crippen molar-refractivity contribution < 1.29 is 14.0 Å². The molecule has 0 bridgehead atoms. The quantitative estimate of drug-likeness (QED) is 0.846. The maximum absolute atomic E-state index is 13.0. The largest absolute Gasteiger partial charge is 0.335 e. The van der Waals surface area contributed by atoms with Gasteiger partial charge in [-0.3, -0.25) is 4.79 Å². The van der Waals surface area contributed by atoms with Crippen LogP contribution in [0.15, 0.2) is 24.3 Å². The lowest BCUT2D eigenvalue weighted by molar-refractivity contribution is -0.132. The Balaban J connectivity index is 1.89. The highest BCUT2D eigenvalue weighted by molar-refractivity contribution is 5.84. The van der Waals surface area contributed by atoms with Gasteiger partial charge in [-0.05, 0) is 44.4 Å². The Morgan fingerprint density at radius 3 is 2.50 bits per heavy atom. The number of carbonyl (C=O) groups excluding carboxylic acids is 2. The van der Waals surface area contributed by atoms with E-state index in [1.54, 1.807) is 17.0 Å². The fourth-order valence-electron chi connectivity index (χ4n) is 2.31. The molecular formula is C16H22FN3O2. The minimum Gasteiger partial charge on any atom is -0.335 e. The van der Waals surface area contributed by atoms with Crippen molar-refractivity contribution in [3.63, 3.8) is 0 Å². The topological polar surface area (TPSA) is 61.4 Å². The molecule has 0 spiro atoms. The highest BCUT2D eigenvalue weighted by atomic mass is 19.1. The van der Waals surface area contributed by atoms with Crippen molar-refractivity contribution in [3.05, 3.63) is 35.6 Å². The Hall–Kier alpha value is -2.11. The smallest absolute Gasteiger partial charge is 0.315 e. The third kappa shape index (κ3) is 4.44. The van der Waals surface area contributed by atoms with E-state index in [-0.39, 0.29) is 36.4 Å². The van der Waals surface area contributed by atoms with Crippen LogP contribution in [0.2, 0.25) is 0 Å². The van der Waals surface area contributed by atoms with Crippen LogP contribution in [0.1, 0.15) is 38.3 Å². The first-order valence-electron chi connectivity index (χ1n) is 7.60. The molecule has 1 unspecified atom stereocenters. The molecule has 0 aromatic heterocycles. The molecule has 1 fully saturated rings. The lowest BCUT2D eigenvalue weighted by atomic mass is 10.1. The van der Waals surface area contributed by atoms with Crippen molar-refractivity contribution in [2.24, 2.45) is 0 Å². The first-order valence-corrected chi connectivity index (χ1v) is 7.60. The highest BCUT2D eigenvalue weighted by Crippen LogP contribution is 2.20. The fraction of sp³-hybridized carbons (Fsp3) is 0.500. The minimum atomic E-state index is -0.304. The van der Waals surface area contributed by atoms with Crippen molar-refractivity contribution in [2.75, 3.05) is 13.1 Å². The number of rotatable bonds is 6. The van der Waals surface area contributed by atoms with Gasteiger partial charge in [0.25, 0.3) is 0 Å².